The van der Waals surface area contributed by atoms with Crippen LogP contribution in [-0.2, 0) is 9.53 Å². The highest BCUT2D eigenvalue weighted by molar-refractivity contribution is 8.14. The summed E-state index contributed by atoms with van der Waals surface area (Å²) in [6, 6.07) is -0.260. The molecule has 17 heavy (non-hydrogen) atoms. The van der Waals surface area contributed by atoms with Crippen molar-refractivity contribution in [3.8, 4) is 0 Å². The molecule has 1 rings (SSSR count). The minimum atomic E-state index is -0.462. The van der Waals surface area contributed by atoms with Crippen molar-refractivity contribution >= 4 is 23.0 Å². The minimum Gasteiger partial charge on any atom is -0.445 e. The van der Waals surface area contributed by atoms with Crippen LogP contribution < -0.4 is 0 Å². The van der Waals surface area contributed by atoms with E-state index in [0.29, 0.717) is 13.0 Å². The second-order valence-corrected chi connectivity index (χ2v) is 5.30. The summed E-state index contributed by atoms with van der Waals surface area (Å²) in [7, 11) is 0. The Morgan fingerprint density at radius 3 is 2.88 bits per heavy atom. The van der Waals surface area contributed by atoms with Crippen LogP contribution in [0.2, 0.25) is 0 Å². The van der Waals surface area contributed by atoms with Crippen LogP contribution in [0.4, 0.5) is 4.79 Å². The van der Waals surface area contributed by atoms with E-state index < -0.39 is 6.09 Å². The third-order valence-electron chi connectivity index (χ3n) is 2.48. The molecule has 0 aromatic heterocycles. The van der Waals surface area contributed by atoms with Crippen LogP contribution in [0.5, 0.6) is 0 Å². The number of amides is 1. The Morgan fingerprint density at radius 1 is 1.65 bits per heavy atom. The lowest BCUT2D eigenvalue weighted by atomic mass is 10.2. The summed E-state index contributed by atoms with van der Waals surface area (Å²) in [6.45, 7) is 5.43. The Morgan fingerprint density at radius 2 is 2.35 bits per heavy atom. The molecule has 0 bridgehead atoms. The van der Waals surface area contributed by atoms with Gasteiger partial charge in [0.25, 0.3) is 0 Å². The van der Waals surface area contributed by atoms with Crippen molar-refractivity contribution in [2.45, 2.75) is 24.6 Å². The van der Waals surface area contributed by atoms with Crippen molar-refractivity contribution in [2.75, 3.05) is 19.8 Å². The Hall–Kier alpha value is -1.01. The zero-order chi connectivity index (χ0) is 12.8. The molecule has 2 atom stereocenters. The predicted molar refractivity (Wildman–Crippen MR) is 65.8 cm³/mol. The van der Waals surface area contributed by atoms with Gasteiger partial charge in [-0.3, -0.25) is 4.79 Å². The molecule has 0 saturated carbocycles. The number of aliphatic hydroxyl groups is 1. The van der Waals surface area contributed by atoms with Gasteiger partial charge in [0, 0.05) is 18.7 Å². The van der Waals surface area contributed by atoms with Crippen LogP contribution in [0.25, 0.3) is 0 Å². The molecule has 1 amide bonds. The predicted octanol–water partition coefficient (Wildman–Crippen LogP) is 1.02. The number of carbonyl (C=O) groups is 2. The van der Waals surface area contributed by atoms with Gasteiger partial charge in [-0.25, -0.2) is 4.79 Å². The highest BCUT2D eigenvalue weighted by atomic mass is 32.2. The number of likely N-dealkylation sites (tertiary alicyclic amines) is 1. The van der Waals surface area contributed by atoms with Gasteiger partial charge >= 0.3 is 6.09 Å². The van der Waals surface area contributed by atoms with E-state index in [4.69, 9.17) is 4.74 Å². The van der Waals surface area contributed by atoms with E-state index in [1.54, 1.807) is 0 Å². The number of hydrogen-bond donors (Lipinski definition) is 1. The normalized spacial score (nSPS) is 23.5. The molecule has 6 heteroatoms. The number of hydrogen-bond acceptors (Lipinski definition) is 5. The molecule has 96 valence electrons. The molecular weight excluding hydrogens is 242 g/mol. The lowest BCUT2D eigenvalue weighted by Crippen LogP contribution is -2.38. The zero-order valence-corrected chi connectivity index (χ0v) is 10.6. The van der Waals surface area contributed by atoms with Crippen molar-refractivity contribution < 1.29 is 19.4 Å². The highest BCUT2D eigenvalue weighted by Crippen LogP contribution is 2.28. The van der Waals surface area contributed by atoms with Crippen molar-refractivity contribution in [3.63, 3.8) is 0 Å². The smallest absolute Gasteiger partial charge is 0.410 e. The van der Waals surface area contributed by atoms with Crippen molar-refractivity contribution in [1.29, 1.82) is 0 Å². The number of nitrogens with zero attached hydrogens (tertiary/aromatic N) is 1. The quantitative estimate of drug-likeness (QED) is 0.764. The second kappa shape index (κ2) is 6.66. The molecule has 1 saturated heterocycles. The summed E-state index contributed by atoms with van der Waals surface area (Å²) >= 11 is 1.21. The summed E-state index contributed by atoms with van der Waals surface area (Å²) in [6.07, 6.45) is 1.64. The largest absolute Gasteiger partial charge is 0.445 e. The van der Waals surface area contributed by atoms with E-state index in [1.165, 1.54) is 29.7 Å². The van der Waals surface area contributed by atoms with E-state index >= 15 is 0 Å². The van der Waals surface area contributed by atoms with E-state index in [1.807, 2.05) is 0 Å². The molecular formula is C11H17NO4S. The van der Waals surface area contributed by atoms with Crippen LogP contribution in [0.3, 0.4) is 0 Å². The fourth-order valence-corrected chi connectivity index (χ4v) is 2.83. The molecule has 0 unspecified atom stereocenters. The van der Waals surface area contributed by atoms with Crippen LogP contribution in [-0.4, -0.2) is 52.3 Å². The fourth-order valence-electron chi connectivity index (χ4n) is 1.80. The monoisotopic (exact) mass is 259 g/mol. The van der Waals surface area contributed by atoms with Gasteiger partial charge in [0.2, 0.25) is 0 Å². The summed E-state index contributed by atoms with van der Waals surface area (Å²) in [5.74, 6) is 0. The van der Waals surface area contributed by atoms with Crippen LogP contribution >= 0.6 is 11.8 Å². The first-order valence-corrected chi connectivity index (χ1v) is 6.28. The second-order valence-electron chi connectivity index (χ2n) is 3.82. The van der Waals surface area contributed by atoms with E-state index in [2.05, 4.69) is 6.58 Å². The number of thioether (sulfide) groups is 1. The van der Waals surface area contributed by atoms with Crippen LogP contribution in [0, 0.1) is 0 Å². The Kier molecular flexibility index (Phi) is 5.50. The van der Waals surface area contributed by atoms with Crippen molar-refractivity contribution in [2.24, 2.45) is 0 Å². The average molecular weight is 259 g/mol. The minimum absolute atomic E-state index is 0.0213. The van der Waals surface area contributed by atoms with Gasteiger partial charge in [0.05, 0.1) is 12.6 Å². The molecule has 1 heterocycles. The van der Waals surface area contributed by atoms with Gasteiger partial charge in [0.1, 0.15) is 6.61 Å². The molecule has 0 spiro atoms. The molecule has 0 aliphatic carbocycles. The van der Waals surface area contributed by atoms with Gasteiger partial charge in [0.15, 0.2) is 5.12 Å². The van der Waals surface area contributed by atoms with Gasteiger partial charge in [-0.2, -0.15) is 0 Å². The molecule has 0 aromatic carbocycles. The van der Waals surface area contributed by atoms with Gasteiger partial charge in [-0.1, -0.05) is 24.4 Å². The molecule has 0 radical (unpaired) electrons. The van der Waals surface area contributed by atoms with E-state index in [-0.39, 0.29) is 29.6 Å². The number of rotatable bonds is 4. The zero-order valence-electron chi connectivity index (χ0n) is 9.80. The van der Waals surface area contributed by atoms with Crippen LogP contribution in [0.1, 0.15) is 13.3 Å². The summed E-state index contributed by atoms with van der Waals surface area (Å²) in [5.41, 5.74) is 0. The Bertz CT molecular complexity index is 308. The standard InChI is InChI=1S/C11H17NO4S/c1-3-4-16-11(15)12-6-10(17-8(2)14)5-9(12)7-13/h3,9-10,13H,1,4-7H2,2H3/t9-,10-/m0/s1. The third kappa shape index (κ3) is 4.05. The lowest BCUT2D eigenvalue weighted by Gasteiger charge is -2.21. The topological polar surface area (TPSA) is 66.8 Å². The highest BCUT2D eigenvalue weighted by Gasteiger charge is 2.36. The van der Waals surface area contributed by atoms with Crippen molar-refractivity contribution in [3.05, 3.63) is 12.7 Å². The Balaban J connectivity index is 2.55. The summed E-state index contributed by atoms with van der Waals surface area (Å²) in [5, 5.41) is 9.26. The molecule has 0 aromatic rings. The summed E-state index contributed by atoms with van der Waals surface area (Å²) in [4.78, 5) is 24.1. The first-order chi connectivity index (χ1) is 8.08. The molecule has 1 N–H and O–H groups in total. The van der Waals surface area contributed by atoms with Gasteiger partial charge < -0.3 is 14.7 Å². The number of aliphatic hydroxyl groups excluding tert-OH is 1. The average Bonchev–Trinajstić information content (AvgIpc) is 2.68. The van der Waals surface area contributed by atoms with Crippen LogP contribution in [0.15, 0.2) is 12.7 Å². The fraction of sp³-hybridized carbons (Fsp3) is 0.636. The first-order valence-electron chi connectivity index (χ1n) is 5.40. The third-order valence-corrected chi connectivity index (χ3v) is 3.49. The maximum atomic E-state index is 11.7. The van der Waals surface area contributed by atoms with Crippen molar-refractivity contribution in [1.82, 2.24) is 4.90 Å². The van der Waals surface area contributed by atoms with Gasteiger partial charge in [-0.05, 0) is 6.42 Å². The molecule has 1 aliphatic heterocycles. The maximum absolute atomic E-state index is 11.7. The molecule has 5 nitrogen and oxygen atoms in total. The van der Waals surface area contributed by atoms with Gasteiger partial charge in [-0.15, -0.1) is 0 Å². The SMILES string of the molecule is C=CCOC(=O)N1C[C@@H](SC(C)=O)C[C@H]1CO. The first kappa shape index (κ1) is 14.1. The lowest BCUT2D eigenvalue weighted by molar-refractivity contribution is -0.109. The summed E-state index contributed by atoms with van der Waals surface area (Å²) < 4.78 is 4.92. The maximum Gasteiger partial charge on any atom is 0.410 e. The number of ether oxygens (including phenoxy) is 1. The Labute approximate surface area is 105 Å². The molecule has 1 fully saturated rings. The van der Waals surface area contributed by atoms with E-state index in [0.717, 1.165) is 0 Å². The van der Waals surface area contributed by atoms with E-state index in [9.17, 15) is 14.7 Å². The molecule has 1 aliphatic rings. The number of carbonyl (C=O) groups excluding carboxylic acids is 2.